The summed E-state index contributed by atoms with van der Waals surface area (Å²) in [6.45, 7) is 3.95. The second kappa shape index (κ2) is 6.96. The van der Waals surface area contributed by atoms with Gasteiger partial charge in [0.2, 0.25) is 6.79 Å². The second-order valence-electron chi connectivity index (χ2n) is 6.70. The van der Waals surface area contributed by atoms with Crippen LogP contribution in [0.15, 0.2) is 54.0 Å². The smallest absolute Gasteiger partial charge is 0.268 e. The fraction of sp³-hybridized carbons (Fsp3) is 0.143. The second-order valence-corrected chi connectivity index (χ2v) is 7.71. The van der Waals surface area contributed by atoms with Gasteiger partial charge in [-0.1, -0.05) is 29.5 Å². The number of amides is 3. The first-order valence-corrected chi connectivity index (χ1v) is 9.95. The Hall–Kier alpha value is -3.72. The number of fused-ring (bicyclic) bond motifs is 3. The summed E-state index contributed by atoms with van der Waals surface area (Å²) in [7, 11) is 0. The predicted molar refractivity (Wildman–Crippen MR) is 109 cm³/mol. The van der Waals surface area contributed by atoms with E-state index in [-0.39, 0.29) is 6.79 Å². The normalized spacial score (nSPS) is 15.2. The van der Waals surface area contributed by atoms with Crippen LogP contribution in [0.5, 0.6) is 11.5 Å². The molecule has 1 aromatic heterocycles. The lowest BCUT2D eigenvalue weighted by molar-refractivity contribution is -0.118. The van der Waals surface area contributed by atoms with Crippen molar-refractivity contribution in [2.45, 2.75) is 6.54 Å². The summed E-state index contributed by atoms with van der Waals surface area (Å²) in [4.78, 5) is 43.2. The van der Waals surface area contributed by atoms with Gasteiger partial charge in [0, 0.05) is 18.7 Å². The number of benzene rings is 2. The Kier molecular flexibility index (Phi) is 4.25. The number of allylic oxidation sites excluding steroid dienone is 1. The summed E-state index contributed by atoms with van der Waals surface area (Å²) < 4.78 is 13.6. The van der Waals surface area contributed by atoms with Gasteiger partial charge in [0.15, 0.2) is 16.3 Å². The topological polar surface area (TPSA) is 90.2 Å². The SMILES string of the molecule is C=CCn1c(=NC(=O)CN2C(=O)c3ccccc3C2=O)sc2cc3c(cc21)OCO3. The van der Waals surface area contributed by atoms with Crippen LogP contribution in [-0.2, 0) is 11.3 Å². The molecule has 0 spiro atoms. The average Bonchev–Trinajstić information content (AvgIpc) is 3.39. The fourth-order valence-electron chi connectivity index (χ4n) is 3.51. The Morgan fingerprint density at radius 3 is 2.47 bits per heavy atom. The third-order valence-electron chi connectivity index (χ3n) is 4.88. The number of imide groups is 1. The van der Waals surface area contributed by atoms with E-state index < -0.39 is 24.3 Å². The lowest BCUT2D eigenvalue weighted by Gasteiger charge is -2.10. The van der Waals surface area contributed by atoms with Crippen LogP contribution in [0.2, 0.25) is 0 Å². The van der Waals surface area contributed by atoms with Gasteiger partial charge in [0.25, 0.3) is 17.7 Å². The highest BCUT2D eigenvalue weighted by molar-refractivity contribution is 7.16. The molecule has 0 bridgehead atoms. The van der Waals surface area contributed by atoms with E-state index in [9.17, 15) is 14.4 Å². The molecule has 2 aromatic carbocycles. The van der Waals surface area contributed by atoms with Crippen LogP contribution in [0.3, 0.4) is 0 Å². The van der Waals surface area contributed by atoms with E-state index in [0.717, 1.165) is 15.1 Å². The van der Waals surface area contributed by atoms with Crippen molar-refractivity contribution in [3.05, 3.63) is 65.0 Å². The molecule has 3 amide bonds. The highest BCUT2D eigenvalue weighted by Crippen LogP contribution is 2.37. The molecule has 0 fully saturated rings. The van der Waals surface area contributed by atoms with Gasteiger partial charge in [0.05, 0.1) is 21.3 Å². The molecule has 150 valence electrons. The summed E-state index contributed by atoms with van der Waals surface area (Å²) >= 11 is 1.31. The molecular formula is C21H15N3O5S. The highest BCUT2D eigenvalue weighted by atomic mass is 32.1. The third kappa shape index (κ3) is 2.82. The zero-order valence-electron chi connectivity index (χ0n) is 15.7. The molecule has 8 nitrogen and oxygen atoms in total. The number of carbonyl (C=O) groups excluding carboxylic acids is 3. The van der Waals surface area contributed by atoms with E-state index in [1.807, 2.05) is 16.7 Å². The van der Waals surface area contributed by atoms with Gasteiger partial charge in [-0.05, 0) is 12.1 Å². The van der Waals surface area contributed by atoms with Crippen LogP contribution < -0.4 is 14.3 Å². The van der Waals surface area contributed by atoms with Gasteiger partial charge in [0.1, 0.15) is 6.54 Å². The van der Waals surface area contributed by atoms with Crippen molar-refractivity contribution in [2.75, 3.05) is 13.3 Å². The van der Waals surface area contributed by atoms with Gasteiger partial charge in [-0.25, -0.2) is 0 Å². The number of aromatic nitrogens is 1. The standard InChI is InChI=1S/C21H15N3O5S/c1-2-7-23-14-8-15-16(29-11-28-15)9-17(14)30-21(23)22-18(25)10-24-19(26)12-5-3-4-6-13(12)20(24)27/h2-6,8-9H,1,7,10-11H2. The zero-order valence-corrected chi connectivity index (χ0v) is 16.5. The Labute approximate surface area is 174 Å². The first-order chi connectivity index (χ1) is 14.6. The van der Waals surface area contributed by atoms with Crippen LogP contribution in [0.4, 0.5) is 0 Å². The Balaban J connectivity index is 1.50. The fourth-order valence-corrected chi connectivity index (χ4v) is 4.58. The molecule has 2 aliphatic rings. The maximum atomic E-state index is 12.7. The number of rotatable bonds is 4. The van der Waals surface area contributed by atoms with E-state index in [1.165, 1.54) is 11.3 Å². The molecule has 0 radical (unpaired) electrons. The summed E-state index contributed by atoms with van der Waals surface area (Å²) in [5.74, 6) is -0.297. The maximum Gasteiger partial charge on any atom is 0.268 e. The summed E-state index contributed by atoms with van der Waals surface area (Å²) in [6, 6.07) is 10.2. The van der Waals surface area contributed by atoms with E-state index in [0.29, 0.717) is 34.0 Å². The summed E-state index contributed by atoms with van der Waals surface area (Å²) in [6.07, 6.45) is 1.70. The molecule has 0 unspecified atom stereocenters. The third-order valence-corrected chi connectivity index (χ3v) is 5.92. The van der Waals surface area contributed by atoms with E-state index in [2.05, 4.69) is 11.6 Å². The minimum Gasteiger partial charge on any atom is -0.454 e. The maximum absolute atomic E-state index is 12.7. The van der Waals surface area contributed by atoms with Crippen molar-refractivity contribution in [3.8, 4) is 11.5 Å². The van der Waals surface area contributed by atoms with Crippen LogP contribution in [0.25, 0.3) is 10.2 Å². The van der Waals surface area contributed by atoms with Crippen molar-refractivity contribution in [3.63, 3.8) is 0 Å². The van der Waals surface area contributed by atoms with E-state index in [4.69, 9.17) is 9.47 Å². The largest absolute Gasteiger partial charge is 0.454 e. The Bertz CT molecular complexity index is 1280. The monoisotopic (exact) mass is 421 g/mol. The number of hydrogen-bond donors (Lipinski definition) is 0. The minimum absolute atomic E-state index is 0.171. The zero-order chi connectivity index (χ0) is 20.8. The van der Waals surface area contributed by atoms with E-state index in [1.54, 1.807) is 30.3 Å². The lowest BCUT2D eigenvalue weighted by Crippen LogP contribution is -2.35. The predicted octanol–water partition coefficient (Wildman–Crippen LogP) is 2.34. The van der Waals surface area contributed by atoms with Crippen LogP contribution >= 0.6 is 11.3 Å². The number of carbonyl (C=O) groups is 3. The molecular weight excluding hydrogens is 406 g/mol. The molecule has 2 aliphatic heterocycles. The van der Waals surface area contributed by atoms with Crippen molar-refractivity contribution in [2.24, 2.45) is 4.99 Å². The molecule has 0 N–H and O–H groups in total. The molecule has 30 heavy (non-hydrogen) atoms. The molecule has 0 atom stereocenters. The quantitative estimate of drug-likeness (QED) is 0.477. The molecule has 3 aromatic rings. The van der Waals surface area contributed by atoms with Crippen LogP contribution in [0, 0.1) is 0 Å². The Morgan fingerprint density at radius 2 is 1.80 bits per heavy atom. The van der Waals surface area contributed by atoms with Gasteiger partial charge in [-0.15, -0.1) is 6.58 Å². The number of thiazole rings is 1. The molecule has 5 rings (SSSR count). The number of nitrogens with zero attached hydrogens (tertiary/aromatic N) is 3. The number of ether oxygens (including phenoxy) is 2. The molecule has 0 saturated heterocycles. The molecule has 3 heterocycles. The van der Waals surface area contributed by atoms with Gasteiger partial charge >= 0.3 is 0 Å². The molecule has 0 aliphatic carbocycles. The van der Waals surface area contributed by atoms with Gasteiger partial charge in [-0.2, -0.15) is 4.99 Å². The Morgan fingerprint density at radius 1 is 1.13 bits per heavy atom. The molecule has 0 saturated carbocycles. The van der Waals surface area contributed by atoms with Gasteiger partial charge in [-0.3, -0.25) is 19.3 Å². The summed E-state index contributed by atoms with van der Waals surface area (Å²) in [5, 5.41) is 0. The first-order valence-electron chi connectivity index (χ1n) is 9.13. The first kappa shape index (κ1) is 18.3. The van der Waals surface area contributed by atoms with Crippen molar-refractivity contribution in [1.82, 2.24) is 9.47 Å². The average molecular weight is 421 g/mol. The van der Waals surface area contributed by atoms with Crippen molar-refractivity contribution in [1.29, 1.82) is 0 Å². The van der Waals surface area contributed by atoms with E-state index >= 15 is 0 Å². The number of hydrogen-bond acceptors (Lipinski definition) is 6. The summed E-state index contributed by atoms with van der Waals surface area (Å²) in [5.41, 5.74) is 1.43. The van der Waals surface area contributed by atoms with Crippen LogP contribution in [0.1, 0.15) is 20.7 Å². The van der Waals surface area contributed by atoms with Gasteiger partial charge < -0.3 is 14.0 Å². The molecule has 9 heteroatoms. The van der Waals surface area contributed by atoms with Crippen molar-refractivity contribution >= 4 is 39.3 Å². The minimum atomic E-state index is -0.589. The lowest BCUT2D eigenvalue weighted by atomic mass is 10.1. The van der Waals surface area contributed by atoms with Crippen LogP contribution in [-0.4, -0.2) is 40.5 Å². The van der Waals surface area contributed by atoms with Crippen molar-refractivity contribution < 1.29 is 23.9 Å². The highest BCUT2D eigenvalue weighted by Gasteiger charge is 2.36.